The maximum atomic E-state index is 12.8. The molecular formula is C22H19ClF3NO4. The molecule has 31 heavy (non-hydrogen) atoms. The highest BCUT2D eigenvalue weighted by atomic mass is 35.5. The van der Waals surface area contributed by atoms with Gasteiger partial charge in [-0.2, -0.15) is 13.2 Å². The first kappa shape index (κ1) is 22.7. The first-order valence-corrected chi connectivity index (χ1v) is 9.73. The van der Waals surface area contributed by atoms with Gasteiger partial charge in [0.25, 0.3) is 0 Å². The van der Waals surface area contributed by atoms with E-state index in [0.717, 1.165) is 23.6 Å². The van der Waals surface area contributed by atoms with Gasteiger partial charge in [0.15, 0.2) is 6.10 Å². The molecule has 0 spiro atoms. The molecule has 164 valence electrons. The summed E-state index contributed by atoms with van der Waals surface area (Å²) in [4.78, 5) is 16.3. The molecule has 2 aromatic carbocycles. The minimum atomic E-state index is -4.50. The average Bonchev–Trinajstić information content (AvgIpc) is 2.68. The van der Waals surface area contributed by atoms with Crippen molar-refractivity contribution in [2.45, 2.75) is 39.2 Å². The molecule has 0 aliphatic rings. The van der Waals surface area contributed by atoms with E-state index in [2.05, 4.69) is 4.98 Å². The Bertz CT molecular complexity index is 1100. The van der Waals surface area contributed by atoms with E-state index in [-0.39, 0.29) is 22.8 Å². The minimum Gasteiger partial charge on any atom is -0.463 e. The lowest BCUT2D eigenvalue weighted by molar-refractivity contribution is -0.155. The van der Waals surface area contributed by atoms with E-state index in [1.54, 1.807) is 51.1 Å². The maximum Gasteiger partial charge on any atom is 0.416 e. The molecule has 5 nitrogen and oxygen atoms in total. The second-order valence-electron chi connectivity index (χ2n) is 6.99. The van der Waals surface area contributed by atoms with Crippen LogP contribution in [0.2, 0.25) is 5.02 Å². The summed E-state index contributed by atoms with van der Waals surface area (Å²) in [7, 11) is 0. The van der Waals surface area contributed by atoms with E-state index < -0.39 is 23.8 Å². The van der Waals surface area contributed by atoms with Crippen LogP contribution in [0.3, 0.4) is 0 Å². The number of hydrogen-bond donors (Lipinski definition) is 0. The van der Waals surface area contributed by atoms with Crippen molar-refractivity contribution < 1.29 is 32.2 Å². The van der Waals surface area contributed by atoms with E-state index in [4.69, 9.17) is 25.8 Å². The van der Waals surface area contributed by atoms with Crippen molar-refractivity contribution >= 4 is 28.5 Å². The number of fused-ring (bicyclic) bond motifs is 1. The molecule has 1 aromatic heterocycles. The number of alkyl halides is 3. The zero-order valence-corrected chi connectivity index (χ0v) is 17.6. The number of nitrogens with zero attached hydrogens (tertiary/aromatic N) is 1. The SMILES string of the molecule is CC(C)OC(=O)C(C)Oc1ccc2ccc(Oc3ccc(C(F)(F)F)cc3Cl)cc2n1. The number of esters is 1. The number of halogens is 4. The van der Waals surface area contributed by atoms with Crippen LogP contribution in [0.4, 0.5) is 13.2 Å². The third-order valence-corrected chi connectivity index (χ3v) is 4.40. The Balaban J connectivity index is 1.80. The summed E-state index contributed by atoms with van der Waals surface area (Å²) < 4.78 is 54.7. The lowest BCUT2D eigenvalue weighted by Crippen LogP contribution is -2.28. The fourth-order valence-electron chi connectivity index (χ4n) is 2.65. The molecule has 0 amide bonds. The number of ether oxygens (including phenoxy) is 3. The minimum absolute atomic E-state index is 0.0754. The maximum absolute atomic E-state index is 12.8. The van der Waals surface area contributed by atoms with Crippen LogP contribution in [0.5, 0.6) is 17.4 Å². The van der Waals surface area contributed by atoms with E-state index >= 15 is 0 Å². The number of carbonyl (C=O) groups is 1. The predicted octanol–water partition coefficient (Wildman–Crippen LogP) is 6.42. The summed E-state index contributed by atoms with van der Waals surface area (Å²) in [6, 6.07) is 11.2. The van der Waals surface area contributed by atoms with Gasteiger partial charge in [0.05, 0.1) is 22.2 Å². The molecule has 1 atom stereocenters. The Morgan fingerprint density at radius 3 is 2.39 bits per heavy atom. The molecule has 0 aliphatic heterocycles. The van der Waals surface area contributed by atoms with Gasteiger partial charge in [-0.25, -0.2) is 9.78 Å². The Hall–Kier alpha value is -3.00. The van der Waals surface area contributed by atoms with Crippen molar-refractivity contribution in [2.75, 3.05) is 0 Å². The van der Waals surface area contributed by atoms with Crippen LogP contribution in [-0.2, 0) is 15.7 Å². The Labute approximate surface area is 181 Å². The summed E-state index contributed by atoms with van der Waals surface area (Å²) in [5.41, 5.74) is -0.362. The summed E-state index contributed by atoms with van der Waals surface area (Å²) in [5, 5.41) is 0.605. The van der Waals surface area contributed by atoms with Gasteiger partial charge < -0.3 is 14.2 Å². The third-order valence-electron chi connectivity index (χ3n) is 4.11. The van der Waals surface area contributed by atoms with E-state index in [0.29, 0.717) is 11.3 Å². The summed E-state index contributed by atoms with van der Waals surface area (Å²) in [6.07, 6.45) is -5.61. The normalized spacial score (nSPS) is 12.6. The van der Waals surface area contributed by atoms with Crippen molar-refractivity contribution in [2.24, 2.45) is 0 Å². The Morgan fingerprint density at radius 2 is 1.74 bits per heavy atom. The first-order chi connectivity index (χ1) is 14.5. The molecule has 0 saturated heterocycles. The van der Waals surface area contributed by atoms with Crippen LogP contribution < -0.4 is 9.47 Å². The van der Waals surface area contributed by atoms with Gasteiger partial charge in [-0.15, -0.1) is 0 Å². The molecular weight excluding hydrogens is 435 g/mol. The lowest BCUT2D eigenvalue weighted by Gasteiger charge is -2.15. The third kappa shape index (κ3) is 5.79. The zero-order chi connectivity index (χ0) is 22.8. The van der Waals surface area contributed by atoms with Crippen LogP contribution in [0, 0.1) is 0 Å². The molecule has 0 fully saturated rings. The van der Waals surface area contributed by atoms with Crippen LogP contribution in [-0.4, -0.2) is 23.2 Å². The molecule has 3 aromatic rings. The van der Waals surface area contributed by atoms with E-state index in [1.165, 1.54) is 0 Å². The number of hydrogen-bond acceptors (Lipinski definition) is 5. The van der Waals surface area contributed by atoms with Crippen molar-refractivity contribution in [1.29, 1.82) is 0 Å². The monoisotopic (exact) mass is 453 g/mol. The number of carbonyl (C=O) groups excluding carboxylic acids is 1. The van der Waals surface area contributed by atoms with Crippen LogP contribution in [0.1, 0.15) is 26.3 Å². The summed E-state index contributed by atoms with van der Waals surface area (Å²) >= 11 is 5.95. The Kier molecular flexibility index (Phi) is 6.59. The van der Waals surface area contributed by atoms with Gasteiger partial charge >= 0.3 is 12.1 Å². The number of benzene rings is 2. The van der Waals surface area contributed by atoms with Crippen LogP contribution >= 0.6 is 11.6 Å². The highest BCUT2D eigenvalue weighted by Gasteiger charge is 2.31. The number of rotatable bonds is 6. The fourth-order valence-corrected chi connectivity index (χ4v) is 2.87. The second-order valence-corrected chi connectivity index (χ2v) is 7.40. The standard InChI is InChI=1S/C22H19ClF3NO4/c1-12(2)29-21(28)13(3)30-20-9-5-14-4-7-16(11-18(14)27-20)31-19-8-6-15(10-17(19)23)22(24,25)26/h4-13H,1-3H3. The number of aromatic nitrogens is 1. The highest BCUT2D eigenvalue weighted by molar-refractivity contribution is 6.32. The molecule has 9 heteroatoms. The molecule has 3 rings (SSSR count). The van der Waals surface area contributed by atoms with Crippen LogP contribution in [0.25, 0.3) is 10.9 Å². The molecule has 1 unspecified atom stereocenters. The topological polar surface area (TPSA) is 57.7 Å². The van der Waals surface area contributed by atoms with Gasteiger partial charge in [-0.3, -0.25) is 0 Å². The van der Waals surface area contributed by atoms with Crippen LogP contribution in [0.15, 0.2) is 48.5 Å². The predicted molar refractivity (Wildman–Crippen MR) is 110 cm³/mol. The summed E-state index contributed by atoms with van der Waals surface area (Å²) in [6.45, 7) is 5.04. The highest BCUT2D eigenvalue weighted by Crippen LogP contribution is 2.36. The summed E-state index contributed by atoms with van der Waals surface area (Å²) in [5.74, 6) is 0.105. The second kappa shape index (κ2) is 9.01. The molecule has 0 aliphatic carbocycles. The van der Waals surface area contributed by atoms with Gasteiger partial charge in [0, 0.05) is 17.5 Å². The van der Waals surface area contributed by atoms with E-state index in [1.807, 2.05) is 0 Å². The van der Waals surface area contributed by atoms with Crippen molar-refractivity contribution in [3.05, 3.63) is 59.1 Å². The average molecular weight is 454 g/mol. The largest absolute Gasteiger partial charge is 0.463 e. The molecule has 0 bridgehead atoms. The van der Waals surface area contributed by atoms with Crippen molar-refractivity contribution in [1.82, 2.24) is 4.98 Å². The molecule has 0 radical (unpaired) electrons. The van der Waals surface area contributed by atoms with Gasteiger partial charge in [-0.1, -0.05) is 11.6 Å². The number of pyridine rings is 1. The van der Waals surface area contributed by atoms with Crippen molar-refractivity contribution in [3.63, 3.8) is 0 Å². The lowest BCUT2D eigenvalue weighted by atomic mass is 10.2. The molecule has 0 N–H and O–H groups in total. The van der Waals surface area contributed by atoms with Gasteiger partial charge in [0.2, 0.25) is 5.88 Å². The fraction of sp³-hybridized carbons (Fsp3) is 0.273. The molecule has 0 saturated carbocycles. The van der Waals surface area contributed by atoms with Crippen molar-refractivity contribution in [3.8, 4) is 17.4 Å². The smallest absolute Gasteiger partial charge is 0.416 e. The zero-order valence-electron chi connectivity index (χ0n) is 16.9. The quantitative estimate of drug-likeness (QED) is 0.403. The Morgan fingerprint density at radius 1 is 1.03 bits per heavy atom. The molecule has 1 heterocycles. The van der Waals surface area contributed by atoms with Gasteiger partial charge in [-0.05, 0) is 57.2 Å². The first-order valence-electron chi connectivity index (χ1n) is 9.35. The van der Waals surface area contributed by atoms with E-state index in [9.17, 15) is 18.0 Å². The van der Waals surface area contributed by atoms with Gasteiger partial charge in [0.1, 0.15) is 11.5 Å².